The van der Waals surface area contributed by atoms with Gasteiger partial charge in [0, 0.05) is 26.0 Å². The standard InChI is InChI=1S/C16H16ClN7OS/c1-8-22-23-14(26-8)11-7-19-16(21-13(11)18)20-9-4-5-10(12(17)6-9)15(25)24(2)3/h4-7H,1-3H3,(H3,18,19,20,21). The topological polar surface area (TPSA) is 110 Å². The van der Waals surface area contributed by atoms with Crippen molar-refractivity contribution < 1.29 is 4.79 Å². The Morgan fingerprint density at radius 2 is 2.08 bits per heavy atom. The number of amides is 1. The molecule has 8 nitrogen and oxygen atoms in total. The Labute approximate surface area is 159 Å². The minimum atomic E-state index is -0.168. The second kappa shape index (κ2) is 7.22. The first kappa shape index (κ1) is 18.0. The lowest BCUT2D eigenvalue weighted by molar-refractivity contribution is 0.0828. The highest BCUT2D eigenvalue weighted by Crippen LogP contribution is 2.28. The minimum Gasteiger partial charge on any atom is -0.383 e. The predicted molar refractivity (Wildman–Crippen MR) is 103 cm³/mol. The van der Waals surface area contributed by atoms with Crippen LogP contribution in [0, 0.1) is 6.92 Å². The molecule has 0 saturated heterocycles. The van der Waals surface area contributed by atoms with E-state index in [1.54, 1.807) is 38.5 Å². The monoisotopic (exact) mass is 389 g/mol. The molecule has 3 N–H and O–H groups in total. The highest BCUT2D eigenvalue weighted by molar-refractivity contribution is 7.14. The van der Waals surface area contributed by atoms with E-state index in [1.807, 2.05) is 6.92 Å². The number of nitrogens with one attached hydrogen (secondary N) is 1. The van der Waals surface area contributed by atoms with Gasteiger partial charge in [-0.2, -0.15) is 4.98 Å². The SMILES string of the molecule is Cc1nnc(-c2cnc(Nc3ccc(C(=O)N(C)C)c(Cl)c3)nc2N)s1. The molecule has 0 unspecified atom stereocenters. The maximum absolute atomic E-state index is 12.0. The van der Waals surface area contributed by atoms with Gasteiger partial charge in [0.15, 0.2) is 5.01 Å². The van der Waals surface area contributed by atoms with Crippen LogP contribution in [0.3, 0.4) is 0 Å². The number of rotatable bonds is 4. The maximum Gasteiger partial charge on any atom is 0.254 e. The summed E-state index contributed by atoms with van der Waals surface area (Å²) in [5, 5.41) is 12.9. The van der Waals surface area contributed by atoms with E-state index in [4.69, 9.17) is 17.3 Å². The summed E-state index contributed by atoms with van der Waals surface area (Å²) in [4.78, 5) is 22.0. The van der Waals surface area contributed by atoms with Crippen molar-refractivity contribution in [2.45, 2.75) is 6.92 Å². The van der Waals surface area contributed by atoms with E-state index < -0.39 is 0 Å². The van der Waals surface area contributed by atoms with Crippen LogP contribution in [-0.4, -0.2) is 45.1 Å². The van der Waals surface area contributed by atoms with Crippen molar-refractivity contribution in [2.75, 3.05) is 25.1 Å². The van der Waals surface area contributed by atoms with Crippen LogP contribution in [0.25, 0.3) is 10.6 Å². The van der Waals surface area contributed by atoms with Gasteiger partial charge in [-0.3, -0.25) is 4.79 Å². The van der Waals surface area contributed by atoms with Crippen molar-refractivity contribution >= 4 is 46.3 Å². The number of hydrogen-bond donors (Lipinski definition) is 2. The molecule has 10 heteroatoms. The molecule has 0 atom stereocenters. The third-order valence-corrected chi connectivity index (χ3v) is 4.62. The number of aromatic nitrogens is 4. The summed E-state index contributed by atoms with van der Waals surface area (Å²) in [6.45, 7) is 1.86. The highest BCUT2D eigenvalue weighted by atomic mass is 35.5. The van der Waals surface area contributed by atoms with Gasteiger partial charge >= 0.3 is 0 Å². The minimum absolute atomic E-state index is 0.168. The number of benzene rings is 1. The Hall–Kier alpha value is -2.78. The van der Waals surface area contributed by atoms with Crippen molar-refractivity contribution in [3.8, 4) is 10.6 Å². The van der Waals surface area contributed by atoms with E-state index in [9.17, 15) is 4.79 Å². The molecule has 0 aliphatic rings. The number of hydrogen-bond acceptors (Lipinski definition) is 8. The zero-order valence-electron chi connectivity index (χ0n) is 14.3. The molecule has 1 amide bonds. The molecule has 0 spiro atoms. The Balaban J connectivity index is 1.82. The van der Waals surface area contributed by atoms with Crippen molar-refractivity contribution in [3.05, 3.63) is 40.0 Å². The number of nitrogen functional groups attached to an aromatic ring is 1. The first-order valence-electron chi connectivity index (χ1n) is 7.56. The van der Waals surface area contributed by atoms with E-state index in [-0.39, 0.29) is 5.91 Å². The fraction of sp³-hybridized carbons (Fsp3) is 0.188. The largest absolute Gasteiger partial charge is 0.383 e. The van der Waals surface area contributed by atoms with Crippen molar-refractivity contribution in [2.24, 2.45) is 0 Å². The van der Waals surface area contributed by atoms with Gasteiger partial charge in [0.25, 0.3) is 5.91 Å². The normalized spacial score (nSPS) is 10.6. The maximum atomic E-state index is 12.0. The van der Waals surface area contributed by atoms with E-state index in [0.717, 1.165) is 5.01 Å². The lowest BCUT2D eigenvalue weighted by Crippen LogP contribution is -2.21. The number of aryl methyl sites for hydroxylation is 1. The lowest BCUT2D eigenvalue weighted by Gasteiger charge is -2.13. The molecule has 0 aliphatic carbocycles. The molecule has 26 heavy (non-hydrogen) atoms. The van der Waals surface area contributed by atoms with E-state index >= 15 is 0 Å². The van der Waals surface area contributed by atoms with Gasteiger partial charge in [-0.25, -0.2) is 4.98 Å². The summed E-state index contributed by atoms with van der Waals surface area (Å²) in [5.41, 5.74) is 7.71. The van der Waals surface area contributed by atoms with Gasteiger partial charge in [0.2, 0.25) is 5.95 Å². The molecule has 2 aromatic heterocycles. The van der Waals surface area contributed by atoms with E-state index in [1.165, 1.54) is 16.2 Å². The number of halogens is 1. The van der Waals surface area contributed by atoms with Crippen molar-refractivity contribution in [3.63, 3.8) is 0 Å². The molecule has 0 saturated carbocycles. The van der Waals surface area contributed by atoms with Crippen LogP contribution in [0.5, 0.6) is 0 Å². The molecule has 0 radical (unpaired) electrons. The Kier molecular flexibility index (Phi) is 5.01. The number of nitrogens with two attached hydrogens (primary N) is 1. The van der Waals surface area contributed by atoms with Crippen LogP contribution < -0.4 is 11.1 Å². The molecular formula is C16H16ClN7OS. The van der Waals surface area contributed by atoms with Gasteiger partial charge < -0.3 is 16.0 Å². The summed E-state index contributed by atoms with van der Waals surface area (Å²) in [5.74, 6) is 0.443. The number of carbonyl (C=O) groups excluding carboxylic acids is 1. The summed E-state index contributed by atoms with van der Waals surface area (Å²) >= 11 is 7.62. The van der Waals surface area contributed by atoms with E-state index in [0.29, 0.717) is 38.6 Å². The molecule has 134 valence electrons. The van der Waals surface area contributed by atoms with Gasteiger partial charge in [-0.15, -0.1) is 10.2 Å². The molecule has 2 heterocycles. The van der Waals surface area contributed by atoms with Crippen LogP contribution >= 0.6 is 22.9 Å². The van der Waals surface area contributed by atoms with Gasteiger partial charge in [0.05, 0.1) is 16.1 Å². The van der Waals surface area contributed by atoms with Crippen LogP contribution in [-0.2, 0) is 0 Å². The smallest absolute Gasteiger partial charge is 0.254 e. The van der Waals surface area contributed by atoms with Crippen LogP contribution in [0.15, 0.2) is 24.4 Å². The second-order valence-electron chi connectivity index (χ2n) is 5.64. The molecular weight excluding hydrogens is 374 g/mol. The molecule has 0 aliphatic heterocycles. The Morgan fingerprint density at radius 3 is 2.65 bits per heavy atom. The summed E-state index contributed by atoms with van der Waals surface area (Å²) in [6.07, 6.45) is 1.59. The zero-order valence-corrected chi connectivity index (χ0v) is 15.9. The Morgan fingerprint density at radius 1 is 1.31 bits per heavy atom. The highest BCUT2D eigenvalue weighted by Gasteiger charge is 2.14. The van der Waals surface area contributed by atoms with Crippen molar-refractivity contribution in [1.29, 1.82) is 0 Å². The summed E-state index contributed by atoms with van der Waals surface area (Å²) < 4.78 is 0. The van der Waals surface area contributed by atoms with Crippen LogP contribution in [0.2, 0.25) is 5.02 Å². The average Bonchev–Trinajstić information content (AvgIpc) is 3.00. The van der Waals surface area contributed by atoms with Crippen molar-refractivity contribution in [1.82, 2.24) is 25.1 Å². The predicted octanol–water partition coefficient (Wildman–Crippen LogP) is 2.98. The number of carbonyl (C=O) groups is 1. The first-order valence-corrected chi connectivity index (χ1v) is 8.76. The fourth-order valence-electron chi connectivity index (χ4n) is 2.16. The summed E-state index contributed by atoms with van der Waals surface area (Å²) in [7, 11) is 3.34. The van der Waals surface area contributed by atoms with Gasteiger partial charge in [-0.1, -0.05) is 22.9 Å². The van der Waals surface area contributed by atoms with Gasteiger partial charge in [-0.05, 0) is 25.1 Å². The molecule has 3 rings (SSSR count). The molecule has 1 aromatic carbocycles. The molecule has 0 bridgehead atoms. The quantitative estimate of drug-likeness (QED) is 0.705. The lowest BCUT2D eigenvalue weighted by atomic mass is 10.2. The third kappa shape index (κ3) is 3.73. The number of nitrogens with zero attached hydrogens (tertiary/aromatic N) is 5. The summed E-state index contributed by atoms with van der Waals surface area (Å²) in [6, 6.07) is 5.01. The number of anilines is 3. The molecule has 0 fully saturated rings. The van der Waals surface area contributed by atoms with E-state index in [2.05, 4.69) is 25.5 Å². The van der Waals surface area contributed by atoms with Crippen LogP contribution in [0.1, 0.15) is 15.4 Å². The molecule has 3 aromatic rings. The van der Waals surface area contributed by atoms with Gasteiger partial charge in [0.1, 0.15) is 10.8 Å². The van der Waals surface area contributed by atoms with Crippen LogP contribution in [0.4, 0.5) is 17.5 Å². The second-order valence-corrected chi connectivity index (χ2v) is 7.23. The average molecular weight is 390 g/mol. The zero-order chi connectivity index (χ0) is 18.8. The fourth-order valence-corrected chi connectivity index (χ4v) is 3.13. The Bertz CT molecular complexity index is 973. The first-order chi connectivity index (χ1) is 12.3. The third-order valence-electron chi connectivity index (χ3n) is 3.44.